The lowest BCUT2D eigenvalue weighted by atomic mass is 10.0. The third kappa shape index (κ3) is 14.4. The maximum atomic E-state index is 12.8. The standard InChI is InChI=1S/C40H48NO8P/c1-41(2,3)28-29-47-50(44,45)48-31-38(49-40(43)19-11-13-33-22-26-37(27-23-33)35-16-8-5-9-17-35)30-46-39(42)18-10-12-32-20-24-36(25-21-32)34-14-6-4-7-15-34/h4-9,14-17,20-27,38H,10-13,18-19,28-31H2,1-3H3/t38-/m1/s1. The molecule has 0 heterocycles. The molecule has 50 heavy (non-hydrogen) atoms. The van der Waals surface area contributed by atoms with Gasteiger partial charge in [0.2, 0.25) is 0 Å². The molecule has 0 bridgehead atoms. The Hall–Kier alpha value is -4.11. The summed E-state index contributed by atoms with van der Waals surface area (Å²) in [4.78, 5) is 37.8. The van der Waals surface area contributed by atoms with Crippen molar-refractivity contribution in [1.82, 2.24) is 0 Å². The van der Waals surface area contributed by atoms with Crippen molar-refractivity contribution in [3.8, 4) is 22.3 Å². The van der Waals surface area contributed by atoms with E-state index < -0.39 is 32.5 Å². The molecule has 0 amide bonds. The summed E-state index contributed by atoms with van der Waals surface area (Å²) in [7, 11) is 1.05. The molecule has 0 spiro atoms. The van der Waals surface area contributed by atoms with E-state index in [1.807, 2.05) is 81.8 Å². The number of carbonyl (C=O) groups is 2. The maximum absolute atomic E-state index is 12.8. The largest absolute Gasteiger partial charge is 0.756 e. The van der Waals surface area contributed by atoms with E-state index in [-0.39, 0.29) is 26.1 Å². The molecular weight excluding hydrogens is 653 g/mol. The van der Waals surface area contributed by atoms with E-state index >= 15 is 0 Å². The van der Waals surface area contributed by atoms with E-state index in [1.165, 1.54) is 0 Å². The van der Waals surface area contributed by atoms with Crippen molar-refractivity contribution >= 4 is 19.8 Å². The smallest absolute Gasteiger partial charge is 0.306 e. The van der Waals surface area contributed by atoms with Crippen molar-refractivity contribution in [3.63, 3.8) is 0 Å². The van der Waals surface area contributed by atoms with E-state index in [4.69, 9.17) is 18.5 Å². The minimum atomic E-state index is -4.68. The molecule has 2 atom stereocenters. The van der Waals surface area contributed by atoms with Crippen LogP contribution in [0.4, 0.5) is 0 Å². The number of quaternary nitrogens is 1. The van der Waals surface area contributed by atoms with Gasteiger partial charge in [-0.1, -0.05) is 109 Å². The van der Waals surface area contributed by atoms with Crippen LogP contribution in [-0.2, 0) is 45.5 Å². The Kier molecular flexibility index (Phi) is 15.0. The van der Waals surface area contributed by atoms with Crippen molar-refractivity contribution in [2.75, 3.05) is 47.5 Å². The molecule has 9 nitrogen and oxygen atoms in total. The van der Waals surface area contributed by atoms with Gasteiger partial charge in [0.05, 0.1) is 27.7 Å². The highest BCUT2D eigenvalue weighted by molar-refractivity contribution is 7.45. The summed E-state index contributed by atoms with van der Waals surface area (Å²) in [5.41, 5.74) is 6.68. The van der Waals surface area contributed by atoms with Crippen molar-refractivity contribution in [2.45, 2.75) is 44.6 Å². The van der Waals surface area contributed by atoms with Gasteiger partial charge >= 0.3 is 11.9 Å². The second kappa shape index (κ2) is 19.3. The lowest BCUT2D eigenvalue weighted by Gasteiger charge is -2.28. The molecule has 0 fully saturated rings. The number of carbonyl (C=O) groups excluding carboxylic acids is 2. The van der Waals surface area contributed by atoms with Gasteiger partial charge in [0.1, 0.15) is 19.8 Å². The first-order valence-corrected chi connectivity index (χ1v) is 18.5. The van der Waals surface area contributed by atoms with E-state index in [9.17, 15) is 19.0 Å². The fourth-order valence-corrected chi connectivity index (χ4v) is 5.85. The summed E-state index contributed by atoms with van der Waals surface area (Å²) in [6, 6.07) is 36.6. The lowest BCUT2D eigenvalue weighted by molar-refractivity contribution is -0.870. The number of likely N-dealkylation sites (N-methyl/N-ethyl adjacent to an activating group) is 1. The molecule has 0 saturated carbocycles. The predicted octanol–water partition coefficient (Wildman–Crippen LogP) is 7.03. The van der Waals surface area contributed by atoms with Crippen LogP contribution in [0.2, 0.25) is 0 Å². The van der Waals surface area contributed by atoms with Crippen LogP contribution >= 0.6 is 7.82 Å². The number of phosphoric ester groups is 1. The van der Waals surface area contributed by atoms with Gasteiger partial charge in [-0.25, -0.2) is 0 Å². The van der Waals surface area contributed by atoms with Gasteiger partial charge in [0.15, 0.2) is 6.10 Å². The number of ether oxygens (including phenoxy) is 2. The second-order valence-corrected chi connectivity index (χ2v) is 14.6. The normalized spacial score (nSPS) is 13.3. The van der Waals surface area contributed by atoms with Crippen LogP contribution in [0.15, 0.2) is 109 Å². The van der Waals surface area contributed by atoms with Crippen LogP contribution in [0.25, 0.3) is 22.3 Å². The van der Waals surface area contributed by atoms with Gasteiger partial charge in [-0.2, -0.15) is 0 Å². The van der Waals surface area contributed by atoms with Crippen LogP contribution in [0.1, 0.15) is 36.8 Å². The van der Waals surface area contributed by atoms with Gasteiger partial charge < -0.3 is 27.9 Å². The van der Waals surface area contributed by atoms with Crippen LogP contribution in [0, 0.1) is 0 Å². The summed E-state index contributed by atoms with van der Waals surface area (Å²) < 4.78 is 33.9. The van der Waals surface area contributed by atoms with Gasteiger partial charge in [-0.3, -0.25) is 14.2 Å². The quantitative estimate of drug-likeness (QED) is 0.0549. The number of hydrogen-bond donors (Lipinski definition) is 0. The number of phosphoric acid groups is 1. The molecule has 1 unspecified atom stereocenters. The summed E-state index contributed by atoms with van der Waals surface area (Å²) in [6.45, 7) is -0.488. The zero-order valence-corrected chi connectivity index (χ0v) is 30.1. The Bertz CT molecular complexity index is 1660. The average molecular weight is 702 g/mol. The highest BCUT2D eigenvalue weighted by atomic mass is 31.2. The number of rotatable bonds is 20. The van der Waals surface area contributed by atoms with E-state index in [2.05, 4.69) is 48.5 Å². The average Bonchev–Trinajstić information content (AvgIpc) is 3.10. The predicted molar refractivity (Wildman–Crippen MR) is 193 cm³/mol. The van der Waals surface area contributed by atoms with Gasteiger partial charge in [-0.15, -0.1) is 0 Å². The van der Waals surface area contributed by atoms with Crippen molar-refractivity contribution in [2.24, 2.45) is 0 Å². The van der Waals surface area contributed by atoms with E-state index in [1.54, 1.807) is 0 Å². The SMILES string of the molecule is C[N+](C)(C)CCOP(=O)([O-])OC[C@@H](COC(=O)CCCc1ccc(-c2ccccc2)cc1)OC(=O)CCCc1ccc(-c2ccccc2)cc1. The Balaban J connectivity index is 1.24. The van der Waals surface area contributed by atoms with Gasteiger partial charge in [0.25, 0.3) is 7.82 Å². The fraction of sp³-hybridized carbons (Fsp3) is 0.350. The number of aryl methyl sites for hydroxylation is 2. The zero-order chi connectivity index (χ0) is 35.8. The van der Waals surface area contributed by atoms with Gasteiger partial charge in [0, 0.05) is 12.8 Å². The Morgan fingerprint density at radius 3 is 1.58 bits per heavy atom. The monoisotopic (exact) mass is 701 g/mol. The number of benzene rings is 4. The molecule has 0 radical (unpaired) electrons. The lowest BCUT2D eigenvalue weighted by Crippen LogP contribution is -2.37. The first-order chi connectivity index (χ1) is 24.0. The topological polar surface area (TPSA) is 111 Å². The van der Waals surface area contributed by atoms with Crippen LogP contribution in [0.5, 0.6) is 0 Å². The molecule has 0 aromatic heterocycles. The molecule has 4 rings (SSSR count). The zero-order valence-electron chi connectivity index (χ0n) is 29.2. The minimum Gasteiger partial charge on any atom is -0.756 e. The number of hydrogen-bond acceptors (Lipinski definition) is 8. The number of esters is 2. The van der Waals surface area contributed by atoms with Crippen LogP contribution in [-0.4, -0.2) is 70.0 Å². The second-order valence-electron chi connectivity index (χ2n) is 13.2. The molecule has 4 aromatic carbocycles. The van der Waals surface area contributed by atoms with Crippen molar-refractivity contribution in [3.05, 3.63) is 120 Å². The molecule has 4 aromatic rings. The van der Waals surface area contributed by atoms with Crippen LogP contribution in [0.3, 0.4) is 0 Å². The third-order valence-electron chi connectivity index (χ3n) is 7.97. The highest BCUT2D eigenvalue weighted by Crippen LogP contribution is 2.38. The minimum absolute atomic E-state index is 0.0645. The van der Waals surface area contributed by atoms with E-state index in [0.717, 1.165) is 33.4 Å². The Labute approximate surface area is 296 Å². The molecule has 10 heteroatoms. The summed E-state index contributed by atoms with van der Waals surface area (Å²) in [5, 5.41) is 0. The third-order valence-corrected chi connectivity index (χ3v) is 8.94. The molecule has 0 N–H and O–H groups in total. The highest BCUT2D eigenvalue weighted by Gasteiger charge is 2.22. The summed E-state index contributed by atoms with van der Waals surface area (Å²) in [6.07, 6.45) is 1.56. The van der Waals surface area contributed by atoms with E-state index in [0.29, 0.717) is 36.7 Å². The Morgan fingerprint density at radius 1 is 0.640 bits per heavy atom. The van der Waals surface area contributed by atoms with Gasteiger partial charge in [-0.05, 0) is 59.1 Å². The molecule has 0 aliphatic heterocycles. The van der Waals surface area contributed by atoms with Crippen molar-refractivity contribution in [1.29, 1.82) is 0 Å². The van der Waals surface area contributed by atoms with Crippen LogP contribution < -0.4 is 4.89 Å². The fourth-order valence-electron chi connectivity index (χ4n) is 5.12. The first kappa shape index (κ1) is 38.7. The summed E-state index contributed by atoms with van der Waals surface area (Å²) in [5.74, 6) is -1.02. The Morgan fingerprint density at radius 2 is 1.10 bits per heavy atom. The molecule has 0 aliphatic carbocycles. The molecule has 0 saturated heterocycles. The molecule has 266 valence electrons. The molecule has 0 aliphatic rings. The number of nitrogens with zero attached hydrogens (tertiary/aromatic N) is 1. The summed E-state index contributed by atoms with van der Waals surface area (Å²) >= 11 is 0. The first-order valence-electron chi connectivity index (χ1n) is 17.0. The van der Waals surface area contributed by atoms with Crippen molar-refractivity contribution < 1.29 is 42.1 Å². The maximum Gasteiger partial charge on any atom is 0.306 e. The molecular formula is C40H48NO8P.